The Labute approximate surface area is 103 Å². The van der Waals surface area contributed by atoms with E-state index >= 15 is 0 Å². The van der Waals surface area contributed by atoms with E-state index in [2.05, 4.69) is 19.9 Å². The predicted octanol–water partition coefficient (Wildman–Crippen LogP) is 5.10. The summed E-state index contributed by atoms with van der Waals surface area (Å²) in [4.78, 5) is 0. The molecule has 0 fully saturated rings. The zero-order valence-corrected chi connectivity index (χ0v) is 10.9. The van der Waals surface area contributed by atoms with Crippen molar-refractivity contribution in [3.05, 3.63) is 34.9 Å². The molecule has 2 heteroatoms. The number of hydrogen-bond donors (Lipinski definition) is 0. The quantitative estimate of drug-likeness (QED) is 0.633. The summed E-state index contributed by atoms with van der Waals surface area (Å²) >= 11 is 12.2. The first-order valence-corrected chi connectivity index (χ1v) is 6.36. The fraction of sp³-hybridized carbons (Fsp3) is 0.538. The van der Waals surface area contributed by atoms with E-state index in [9.17, 15) is 0 Å². The molecule has 0 spiro atoms. The molecule has 1 rings (SSSR count). The smallest absolute Gasteiger partial charge is 0.0441 e. The number of halogens is 2. The summed E-state index contributed by atoms with van der Waals surface area (Å²) in [5.41, 5.74) is 1.19. The second kappa shape index (κ2) is 6.40. The van der Waals surface area contributed by atoms with Crippen molar-refractivity contribution in [1.29, 1.82) is 0 Å². The highest BCUT2D eigenvalue weighted by Crippen LogP contribution is 2.29. The van der Waals surface area contributed by atoms with Crippen LogP contribution in [0.25, 0.3) is 0 Å². The molecule has 0 bridgehead atoms. The third kappa shape index (κ3) is 4.04. The molecule has 0 amide bonds. The number of alkyl halides is 1. The molecule has 15 heavy (non-hydrogen) atoms. The van der Waals surface area contributed by atoms with Crippen molar-refractivity contribution < 1.29 is 0 Å². The van der Waals surface area contributed by atoms with Crippen LogP contribution in [0.4, 0.5) is 0 Å². The van der Waals surface area contributed by atoms with E-state index in [0.717, 1.165) is 17.4 Å². The van der Waals surface area contributed by atoms with Gasteiger partial charge in [0, 0.05) is 10.9 Å². The van der Waals surface area contributed by atoms with Crippen LogP contribution in [0.15, 0.2) is 24.3 Å². The van der Waals surface area contributed by atoms with Gasteiger partial charge in [-0.3, -0.25) is 0 Å². The molecule has 0 heterocycles. The summed E-state index contributed by atoms with van der Waals surface area (Å²) in [6.07, 6.45) is 2.31. The number of rotatable bonds is 5. The summed E-state index contributed by atoms with van der Waals surface area (Å²) in [7, 11) is 0. The maximum atomic E-state index is 6.15. The van der Waals surface area contributed by atoms with Gasteiger partial charge >= 0.3 is 0 Å². The zero-order valence-electron chi connectivity index (χ0n) is 9.34. The molecule has 0 N–H and O–H groups in total. The lowest BCUT2D eigenvalue weighted by Crippen LogP contribution is -2.03. The maximum absolute atomic E-state index is 6.15. The van der Waals surface area contributed by atoms with E-state index in [1.807, 2.05) is 18.2 Å². The van der Waals surface area contributed by atoms with Crippen LogP contribution >= 0.6 is 23.2 Å². The molecule has 1 unspecified atom stereocenters. The van der Waals surface area contributed by atoms with Crippen LogP contribution in [-0.2, 0) is 0 Å². The van der Waals surface area contributed by atoms with Gasteiger partial charge in [0.15, 0.2) is 0 Å². The first-order valence-electron chi connectivity index (χ1n) is 5.45. The molecule has 1 aromatic rings. The lowest BCUT2D eigenvalue weighted by molar-refractivity contribution is 0.519. The van der Waals surface area contributed by atoms with E-state index in [0.29, 0.717) is 11.8 Å². The summed E-state index contributed by atoms with van der Waals surface area (Å²) in [6, 6.07) is 8.00. The SMILES string of the molecule is CC(C)CCC(CCl)c1ccccc1Cl. The highest BCUT2D eigenvalue weighted by Gasteiger charge is 2.13. The van der Waals surface area contributed by atoms with Gasteiger partial charge in [-0.15, -0.1) is 11.6 Å². The largest absolute Gasteiger partial charge is 0.126 e. The fourth-order valence-corrected chi connectivity index (χ4v) is 2.27. The standard InChI is InChI=1S/C13H18Cl2/c1-10(2)7-8-11(9-14)12-5-3-4-6-13(12)15/h3-6,10-11H,7-9H2,1-2H3. The van der Waals surface area contributed by atoms with Gasteiger partial charge in [-0.1, -0.05) is 50.1 Å². The van der Waals surface area contributed by atoms with Crippen LogP contribution in [0, 0.1) is 5.92 Å². The van der Waals surface area contributed by atoms with Gasteiger partial charge in [0.25, 0.3) is 0 Å². The lowest BCUT2D eigenvalue weighted by Gasteiger charge is -2.16. The fourth-order valence-electron chi connectivity index (χ4n) is 1.66. The van der Waals surface area contributed by atoms with Gasteiger partial charge in [-0.05, 0) is 29.9 Å². The Morgan fingerprint density at radius 1 is 1.13 bits per heavy atom. The van der Waals surface area contributed by atoms with Crippen LogP contribution in [0.3, 0.4) is 0 Å². The van der Waals surface area contributed by atoms with Gasteiger partial charge in [-0.25, -0.2) is 0 Å². The molecular formula is C13H18Cl2. The van der Waals surface area contributed by atoms with Crippen molar-refractivity contribution in [3.8, 4) is 0 Å². The first-order chi connectivity index (χ1) is 7.15. The van der Waals surface area contributed by atoms with Crippen LogP contribution in [0.2, 0.25) is 5.02 Å². The van der Waals surface area contributed by atoms with Crippen molar-refractivity contribution in [2.45, 2.75) is 32.6 Å². The van der Waals surface area contributed by atoms with E-state index in [-0.39, 0.29) is 0 Å². The third-order valence-corrected chi connectivity index (χ3v) is 3.34. The highest BCUT2D eigenvalue weighted by molar-refractivity contribution is 6.31. The van der Waals surface area contributed by atoms with Gasteiger partial charge < -0.3 is 0 Å². The summed E-state index contributed by atoms with van der Waals surface area (Å²) in [5.74, 6) is 1.76. The van der Waals surface area contributed by atoms with Gasteiger partial charge in [0.05, 0.1) is 0 Å². The predicted molar refractivity (Wildman–Crippen MR) is 69.0 cm³/mol. The van der Waals surface area contributed by atoms with E-state index in [1.165, 1.54) is 12.0 Å². The minimum Gasteiger partial charge on any atom is -0.126 e. The van der Waals surface area contributed by atoms with E-state index < -0.39 is 0 Å². The first kappa shape index (κ1) is 12.9. The molecule has 0 radical (unpaired) electrons. The molecule has 1 atom stereocenters. The second-order valence-corrected chi connectivity index (χ2v) is 5.06. The Morgan fingerprint density at radius 2 is 1.80 bits per heavy atom. The van der Waals surface area contributed by atoms with E-state index in [1.54, 1.807) is 0 Å². The van der Waals surface area contributed by atoms with Crippen molar-refractivity contribution in [3.63, 3.8) is 0 Å². The summed E-state index contributed by atoms with van der Waals surface area (Å²) < 4.78 is 0. The van der Waals surface area contributed by atoms with Crippen molar-refractivity contribution in [1.82, 2.24) is 0 Å². The minimum atomic E-state index is 0.391. The third-order valence-electron chi connectivity index (χ3n) is 2.62. The van der Waals surface area contributed by atoms with Gasteiger partial charge in [0.2, 0.25) is 0 Å². The molecule has 0 aliphatic heterocycles. The van der Waals surface area contributed by atoms with Crippen LogP contribution in [0.1, 0.15) is 38.2 Å². The van der Waals surface area contributed by atoms with Gasteiger partial charge in [0.1, 0.15) is 0 Å². The molecule has 84 valence electrons. The normalized spacial score (nSPS) is 13.1. The topological polar surface area (TPSA) is 0 Å². The van der Waals surface area contributed by atoms with Gasteiger partial charge in [-0.2, -0.15) is 0 Å². The molecule has 1 aromatic carbocycles. The summed E-state index contributed by atoms with van der Waals surface area (Å²) in [5, 5.41) is 0.840. The van der Waals surface area contributed by atoms with Crippen LogP contribution in [-0.4, -0.2) is 5.88 Å². The monoisotopic (exact) mass is 244 g/mol. The Hall–Kier alpha value is -0.200. The van der Waals surface area contributed by atoms with Crippen molar-refractivity contribution >= 4 is 23.2 Å². The Morgan fingerprint density at radius 3 is 2.33 bits per heavy atom. The minimum absolute atomic E-state index is 0.391. The zero-order chi connectivity index (χ0) is 11.3. The Balaban J connectivity index is 2.70. The van der Waals surface area contributed by atoms with E-state index in [4.69, 9.17) is 23.2 Å². The number of benzene rings is 1. The van der Waals surface area contributed by atoms with Crippen LogP contribution in [0.5, 0.6) is 0 Å². The molecule has 0 saturated carbocycles. The maximum Gasteiger partial charge on any atom is 0.0441 e. The molecule has 0 nitrogen and oxygen atoms in total. The van der Waals surface area contributed by atoms with Crippen molar-refractivity contribution in [2.24, 2.45) is 5.92 Å². The molecule has 0 aliphatic rings. The van der Waals surface area contributed by atoms with Crippen LogP contribution < -0.4 is 0 Å². The lowest BCUT2D eigenvalue weighted by atomic mass is 9.93. The number of hydrogen-bond acceptors (Lipinski definition) is 0. The highest BCUT2D eigenvalue weighted by atomic mass is 35.5. The average molecular weight is 245 g/mol. The second-order valence-electron chi connectivity index (χ2n) is 4.34. The molecule has 0 aliphatic carbocycles. The summed E-state index contributed by atoms with van der Waals surface area (Å²) in [6.45, 7) is 4.47. The molecule has 0 aromatic heterocycles. The molecular weight excluding hydrogens is 227 g/mol. The Bertz CT molecular complexity index is 294. The average Bonchev–Trinajstić information content (AvgIpc) is 2.21. The Kier molecular flexibility index (Phi) is 5.49. The van der Waals surface area contributed by atoms with Crippen molar-refractivity contribution in [2.75, 3.05) is 5.88 Å². The molecule has 0 saturated heterocycles.